The van der Waals surface area contributed by atoms with E-state index in [0.29, 0.717) is 12.1 Å². The number of aromatic nitrogens is 2. The molecule has 0 spiro atoms. The fraction of sp³-hybridized carbons (Fsp3) is 0.579. The molecule has 5 unspecified atom stereocenters. The molecule has 0 bridgehead atoms. The molecule has 0 fully saturated rings. The number of guanidine groups is 1. The molecule has 3 amide bonds. The van der Waals surface area contributed by atoms with Crippen molar-refractivity contribution in [3.63, 3.8) is 0 Å². The summed E-state index contributed by atoms with van der Waals surface area (Å²) in [4.78, 5) is 59.8. The molecule has 16 heteroatoms. The molecule has 1 aromatic rings. The summed E-state index contributed by atoms with van der Waals surface area (Å²) in [5, 5.41) is 26.4. The van der Waals surface area contributed by atoms with Gasteiger partial charge in [0.1, 0.15) is 18.1 Å². The number of carbonyl (C=O) groups excluding carboxylic acids is 3. The van der Waals surface area contributed by atoms with Crippen molar-refractivity contribution in [2.75, 3.05) is 12.3 Å². The van der Waals surface area contributed by atoms with Crippen LogP contribution in [0.1, 0.15) is 25.5 Å². The first-order chi connectivity index (χ1) is 16.5. The summed E-state index contributed by atoms with van der Waals surface area (Å²) in [6, 6.07) is -5.00. The Kier molecular flexibility index (Phi) is 12.5. The summed E-state index contributed by atoms with van der Waals surface area (Å²) in [7, 11) is 0. The van der Waals surface area contributed by atoms with Crippen molar-refractivity contribution < 1.29 is 29.4 Å². The van der Waals surface area contributed by atoms with Gasteiger partial charge < -0.3 is 48.3 Å². The number of carboxylic acids is 1. The maximum absolute atomic E-state index is 12.9. The number of aliphatic hydroxyl groups is 1. The highest BCUT2D eigenvalue weighted by atomic mass is 32.1. The molecule has 0 aliphatic carbocycles. The number of H-pyrrole nitrogens is 1. The highest BCUT2D eigenvalue weighted by molar-refractivity contribution is 7.80. The third kappa shape index (κ3) is 10.6. The minimum atomic E-state index is -1.44. The van der Waals surface area contributed by atoms with Crippen molar-refractivity contribution in [1.29, 1.82) is 0 Å². The van der Waals surface area contributed by atoms with Gasteiger partial charge in [-0.1, -0.05) is 0 Å². The van der Waals surface area contributed by atoms with Gasteiger partial charge in [-0.05, 0) is 19.8 Å². The number of carboxylic acid groups (broad SMARTS) is 1. The number of nitrogens with zero attached hydrogens (tertiary/aromatic N) is 2. The average Bonchev–Trinajstić information content (AvgIpc) is 3.30. The summed E-state index contributed by atoms with van der Waals surface area (Å²) in [5.41, 5.74) is 16.8. The van der Waals surface area contributed by atoms with Gasteiger partial charge in [-0.3, -0.25) is 19.4 Å². The molecule has 1 heterocycles. The van der Waals surface area contributed by atoms with Crippen LogP contribution in [0.4, 0.5) is 0 Å². The van der Waals surface area contributed by atoms with Gasteiger partial charge in [0.05, 0.1) is 18.5 Å². The maximum Gasteiger partial charge on any atom is 0.327 e. The van der Waals surface area contributed by atoms with E-state index in [4.69, 9.17) is 17.2 Å². The number of hydrogen-bond acceptors (Lipinski definition) is 9. The number of imidazole rings is 1. The van der Waals surface area contributed by atoms with Crippen molar-refractivity contribution in [2.24, 2.45) is 22.2 Å². The zero-order valence-corrected chi connectivity index (χ0v) is 20.1. The Bertz CT molecular complexity index is 876. The Balaban J connectivity index is 2.89. The molecule has 12 N–H and O–H groups in total. The predicted molar refractivity (Wildman–Crippen MR) is 129 cm³/mol. The molecule has 0 radical (unpaired) electrons. The third-order valence-electron chi connectivity index (χ3n) is 4.78. The van der Waals surface area contributed by atoms with Gasteiger partial charge in [0, 0.05) is 30.6 Å². The van der Waals surface area contributed by atoms with Gasteiger partial charge in [0.25, 0.3) is 0 Å². The molecule has 1 aromatic heterocycles. The van der Waals surface area contributed by atoms with E-state index >= 15 is 0 Å². The minimum absolute atomic E-state index is 0.0682. The first-order valence-corrected chi connectivity index (χ1v) is 11.3. The van der Waals surface area contributed by atoms with Crippen LogP contribution in [0.3, 0.4) is 0 Å². The Morgan fingerprint density at radius 1 is 1.14 bits per heavy atom. The molecule has 0 aromatic carbocycles. The smallest absolute Gasteiger partial charge is 0.327 e. The monoisotopic (exact) mass is 515 g/mol. The van der Waals surface area contributed by atoms with Crippen LogP contribution in [-0.4, -0.2) is 92.4 Å². The second-order valence-electron chi connectivity index (χ2n) is 7.71. The van der Waals surface area contributed by atoms with Crippen LogP contribution < -0.4 is 33.2 Å². The number of hydrogen-bond donors (Lipinski definition) is 10. The number of aliphatic imine (C=N–C) groups is 1. The van der Waals surface area contributed by atoms with Crippen molar-refractivity contribution in [3.05, 3.63) is 18.2 Å². The molecule has 0 aliphatic heterocycles. The van der Waals surface area contributed by atoms with E-state index in [-0.39, 0.29) is 31.1 Å². The largest absolute Gasteiger partial charge is 0.480 e. The van der Waals surface area contributed by atoms with Crippen molar-refractivity contribution >= 4 is 42.3 Å². The number of carbonyl (C=O) groups is 4. The quantitative estimate of drug-likeness (QED) is 0.0470. The van der Waals surface area contributed by atoms with Gasteiger partial charge in [0.2, 0.25) is 17.7 Å². The van der Waals surface area contributed by atoms with Crippen LogP contribution in [0.15, 0.2) is 17.5 Å². The second-order valence-corrected chi connectivity index (χ2v) is 8.07. The SMILES string of the molecule is CC(O)C(NC(=O)C(N)CCCN=C(N)N)C(=O)NC(Cc1cnc[nH]1)C(=O)NC(CS)C(=O)O. The van der Waals surface area contributed by atoms with Crippen LogP contribution in [-0.2, 0) is 25.6 Å². The molecule has 5 atom stereocenters. The van der Waals surface area contributed by atoms with Crippen LogP contribution in [0, 0.1) is 0 Å². The number of aromatic amines is 1. The summed E-state index contributed by atoms with van der Waals surface area (Å²) in [6.07, 6.45) is 2.00. The highest BCUT2D eigenvalue weighted by Crippen LogP contribution is 2.04. The topological polar surface area (TPSA) is 264 Å². The van der Waals surface area contributed by atoms with Gasteiger partial charge in [-0.25, -0.2) is 9.78 Å². The normalized spacial score (nSPS) is 15.1. The van der Waals surface area contributed by atoms with Crippen molar-refractivity contribution in [2.45, 2.75) is 56.5 Å². The molecular weight excluding hydrogens is 482 g/mol. The number of nitrogens with two attached hydrogens (primary N) is 3. The van der Waals surface area contributed by atoms with Gasteiger partial charge >= 0.3 is 5.97 Å². The minimum Gasteiger partial charge on any atom is -0.480 e. The summed E-state index contributed by atoms with van der Waals surface area (Å²) < 4.78 is 0. The number of aliphatic hydroxyl groups excluding tert-OH is 1. The molecule has 196 valence electrons. The van der Waals surface area contributed by atoms with Crippen LogP contribution in [0.25, 0.3) is 0 Å². The Morgan fingerprint density at radius 2 is 1.80 bits per heavy atom. The highest BCUT2D eigenvalue weighted by Gasteiger charge is 2.32. The first kappa shape index (κ1) is 29.7. The summed E-state index contributed by atoms with van der Waals surface area (Å²) in [6.45, 7) is 1.54. The van der Waals surface area contributed by atoms with E-state index in [1.807, 2.05) is 0 Å². The van der Waals surface area contributed by atoms with Crippen LogP contribution >= 0.6 is 12.6 Å². The van der Waals surface area contributed by atoms with Gasteiger partial charge in [0.15, 0.2) is 5.96 Å². The second kappa shape index (κ2) is 14.8. The fourth-order valence-electron chi connectivity index (χ4n) is 2.86. The van der Waals surface area contributed by atoms with Crippen LogP contribution in [0.5, 0.6) is 0 Å². The molecule has 35 heavy (non-hydrogen) atoms. The summed E-state index contributed by atoms with van der Waals surface area (Å²) >= 11 is 3.90. The number of nitrogens with one attached hydrogen (secondary N) is 4. The number of thiol groups is 1. The van der Waals surface area contributed by atoms with Gasteiger partial charge in [-0.15, -0.1) is 0 Å². The lowest BCUT2D eigenvalue weighted by Gasteiger charge is -2.26. The number of amides is 3. The number of aliphatic carboxylic acids is 1. The molecule has 1 rings (SSSR count). The van der Waals surface area contributed by atoms with E-state index in [1.54, 1.807) is 0 Å². The Labute approximate surface area is 207 Å². The zero-order valence-electron chi connectivity index (χ0n) is 19.2. The molecule has 0 saturated carbocycles. The lowest BCUT2D eigenvalue weighted by atomic mass is 10.1. The van der Waals surface area contributed by atoms with Crippen molar-refractivity contribution in [3.8, 4) is 0 Å². The number of rotatable bonds is 15. The Morgan fingerprint density at radius 3 is 2.31 bits per heavy atom. The van der Waals surface area contributed by atoms with Gasteiger partial charge in [-0.2, -0.15) is 12.6 Å². The maximum atomic E-state index is 12.9. The average molecular weight is 516 g/mol. The zero-order chi connectivity index (χ0) is 26.5. The van der Waals surface area contributed by atoms with E-state index in [9.17, 15) is 29.4 Å². The fourth-order valence-corrected chi connectivity index (χ4v) is 3.11. The van der Waals surface area contributed by atoms with E-state index in [0.717, 1.165) is 0 Å². The van der Waals surface area contributed by atoms with E-state index in [1.165, 1.54) is 19.4 Å². The lowest BCUT2D eigenvalue weighted by molar-refractivity contribution is -0.141. The predicted octanol–water partition coefficient (Wildman–Crippen LogP) is -3.82. The molecular formula is C19H33N9O6S. The standard InChI is InChI=1S/C19H33N9O6S/c1-9(29)14(28-15(30)11(20)3-2-4-24-19(21)22)17(32)26-12(5-10-6-23-8-25-10)16(31)27-13(7-35)18(33)34/h6,8-9,11-14,29,35H,2-5,7,20H2,1H3,(H,23,25)(H,26,32)(H,27,31)(H,28,30)(H,33,34)(H4,21,22,24). The lowest BCUT2D eigenvalue weighted by Crippen LogP contribution is -2.60. The van der Waals surface area contributed by atoms with E-state index in [2.05, 4.69) is 43.5 Å². The van der Waals surface area contributed by atoms with Crippen molar-refractivity contribution in [1.82, 2.24) is 25.9 Å². The molecule has 0 aliphatic rings. The first-order valence-electron chi connectivity index (χ1n) is 10.7. The summed E-state index contributed by atoms with van der Waals surface area (Å²) in [5.74, 6) is -3.96. The molecule has 0 saturated heterocycles. The van der Waals surface area contributed by atoms with E-state index < -0.39 is 54.0 Å². The molecule has 15 nitrogen and oxygen atoms in total. The van der Waals surface area contributed by atoms with Crippen LogP contribution in [0.2, 0.25) is 0 Å². The Hall–Kier alpha value is -3.37. The third-order valence-corrected chi connectivity index (χ3v) is 5.14.